The van der Waals surface area contributed by atoms with Crippen LogP contribution in [0.3, 0.4) is 0 Å². The van der Waals surface area contributed by atoms with Gasteiger partial charge in [-0.3, -0.25) is 0 Å². The van der Waals surface area contributed by atoms with E-state index in [0.29, 0.717) is 12.8 Å². The molecule has 1 saturated carbocycles. The van der Waals surface area contributed by atoms with Gasteiger partial charge in [0.05, 0.1) is 6.10 Å². The second-order valence-corrected chi connectivity index (χ2v) is 7.04. The van der Waals surface area contributed by atoms with E-state index in [0.717, 1.165) is 18.9 Å². The molecule has 1 aliphatic rings. The topological polar surface area (TPSA) is 117 Å². The molecule has 1 aromatic heterocycles. The molecule has 0 aromatic carbocycles. The van der Waals surface area contributed by atoms with Gasteiger partial charge < -0.3 is 14.6 Å². The van der Waals surface area contributed by atoms with E-state index in [1.54, 1.807) is 0 Å². The number of carboxylic acid groups (broad SMARTS) is 1. The Kier molecular flexibility index (Phi) is 4.52. The van der Waals surface area contributed by atoms with Gasteiger partial charge in [-0.2, -0.15) is 0 Å². The summed E-state index contributed by atoms with van der Waals surface area (Å²) in [6, 6.07) is 0.369. The SMILES string of the molecule is O=C(O)c1cc(S(=O)(=O)N[C@@H]2CCCC[C@H]2O)c(Br)o1. The lowest BCUT2D eigenvalue weighted by Crippen LogP contribution is -2.44. The number of aliphatic hydroxyl groups is 1. The van der Waals surface area contributed by atoms with Gasteiger partial charge in [0.1, 0.15) is 4.90 Å². The number of nitrogens with one attached hydrogen (secondary N) is 1. The van der Waals surface area contributed by atoms with Gasteiger partial charge in [0.25, 0.3) is 0 Å². The van der Waals surface area contributed by atoms with E-state index >= 15 is 0 Å². The van der Waals surface area contributed by atoms with Crippen LogP contribution in [-0.2, 0) is 10.0 Å². The van der Waals surface area contributed by atoms with Crippen molar-refractivity contribution < 1.29 is 27.8 Å². The van der Waals surface area contributed by atoms with Crippen molar-refractivity contribution in [1.82, 2.24) is 4.72 Å². The van der Waals surface area contributed by atoms with Crippen molar-refractivity contribution in [2.75, 3.05) is 0 Å². The third-order valence-corrected chi connectivity index (χ3v) is 5.54. The Morgan fingerprint density at radius 3 is 2.60 bits per heavy atom. The van der Waals surface area contributed by atoms with Crippen LogP contribution in [0.25, 0.3) is 0 Å². The first-order valence-corrected chi connectivity index (χ1v) is 8.32. The van der Waals surface area contributed by atoms with Crippen molar-refractivity contribution in [3.05, 3.63) is 16.5 Å². The molecule has 112 valence electrons. The van der Waals surface area contributed by atoms with Crippen molar-refractivity contribution in [1.29, 1.82) is 0 Å². The molecule has 1 fully saturated rings. The fourth-order valence-corrected chi connectivity index (χ4v) is 4.40. The Bertz CT molecular complexity index is 610. The lowest BCUT2D eigenvalue weighted by atomic mass is 9.93. The maximum Gasteiger partial charge on any atom is 0.371 e. The number of aromatic carboxylic acids is 1. The van der Waals surface area contributed by atoms with E-state index in [4.69, 9.17) is 9.52 Å². The number of aliphatic hydroxyl groups excluding tert-OH is 1. The van der Waals surface area contributed by atoms with Crippen LogP contribution < -0.4 is 4.72 Å². The van der Waals surface area contributed by atoms with Crippen LogP contribution in [0.5, 0.6) is 0 Å². The molecule has 2 rings (SSSR count). The van der Waals surface area contributed by atoms with E-state index in [2.05, 4.69) is 20.7 Å². The standard InChI is InChI=1S/C11H14BrNO6S/c12-10-9(5-8(19-10)11(15)16)20(17,18)13-6-3-1-2-4-7(6)14/h5-7,13-14H,1-4H2,(H,15,16)/t6-,7-/m1/s1. The first kappa shape index (κ1) is 15.5. The van der Waals surface area contributed by atoms with Gasteiger partial charge in [-0.15, -0.1) is 0 Å². The average Bonchev–Trinajstić information content (AvgIpc) is 2.75. The first-order chi connectivity index (χ1) is 9.31. The number of carboxylic acids is 1. The molecule has 1 aliphatic carbocycles. The molecule has 0 radical (unpaired) electrons. The second kappa shape index (κ2) is 5.84. The molecule has 0 unspecified atom stereocenters. The third-order valence-electron chi connectivity index (χ3n) is 3.19. The number of halogens is 1. The molecule has 20 heavy (non-hydrogen) atoms. The number of hydrogen-bond acceptors (Lipinski definition) is 5. The summed E-state index contributed by atoms with van der Waals surface area (Å²) in [5.74, 6) is -1.83. The van der Waals surface area contributed by atoms with Crippen molar-refractivity contribution in [2.24, 2.45) is 0 Å². The highest BCUT2D eigenvalue weighted by Crippen LogP contribution is 2.27. The minimum atomic E-state index is -3.95. The van der Waals surface area contributed by atoms with Crippen LogP contribution in [0.4, 0.5) is 0 Å². The maximum atomic E-state index is 12.2. The molecule has 0 amide bonds. The quantitative estimate of drug-likeness (QED) is 0.738. The normalized spacial score (nSPS) is 23.7. The maximum absolute atomic E-state index is 12.2. The molecule has 2 atom stereocenters. The Hall–Kier alpha value is -0.900. The summed E-state index contributed by atoms with van der Waals surface area (Å²) in [7, 11) is -3.95. The number of furan rings is 1. The summed E-state index contributed by atoms with van der Waals surface area (Å²) in [4.78, 5) is 10.5. The summed E-state index contributed by atoms with van der Waals surface area (Å²) in [6.07, 6.45) is 2.04. The zero-order valence-electron chi connectivity index (χ0n) is 10.4. The molecular formula is C11H14BrNO6S. The van der Waals surface area contributed by atoms with Gasteiger partial charge in [-0.25, -0.2) is 17.9 Å². The van der Waals surface area contributed by atoms with Crippen molar-refractivity contribution >= 4 is 31.9 Å². The monoisotopic (exact) mass is 367 g/mol. The van der Waals surface area contributed by atoms with Crippen molar-refractivity contribution in [2.45, 2.75) is 42.7 Å². The van der Waals surface area contributed by atoms with Crippen molar-refractivity contribution in [3.8, 4) is 0 Å². The minimum absolute atomic E-state index is 0.173. The zero-order chi connectivity index (χ0) is 14.9. The van der Waals surface area contributed by atoms with Gasteiger partial charge in [0, 0.05) is 12.1 Å². The number of hydrogen-bond donors (Lipinski definition) is 3. The summed E-state index contributed by atoms with van der Waals surface area (Å²) in [5, 5.41) is 18.6. The Balaban J connectivity index is 2.24. The Labute approximate surface area is 124 Å². The molecule has 9 heteroatoms. The Morgan fingerprint density at radius 2 is 2.05 bits per heavy atom. The second-order valence-electron chi connectivity index (χ2n) is 4.63. The molecule has 1 aromatic rings. The number of sulfonamides is 1. The predicted molar refractivity (Wildman–Crippen MR) is 72.0 cm³/mol. The molecule has 0 aliphatic heterocycles. The summed E-state index contributed by atoms with van der Waals surface area (Å²) >= 11 is 2.89. The van der Waals surface area contributed by atoms with E-state index in [-0.39, 0.29) is 9.56 Å². The van der Waals surface area contributed by atoms with Crippen molar-refractivity contribution in [3.63, 3.8) is 0 Å². The molecule has 0 spiro atoms. The molecule has 0 bridgehead atoms. The minimum Gasteiger partial charge on any atom is -0.475 e. The van der Waals surface area contributed by atoms with E-state index in [1.165, 1.54) is 0 Å². The summed E-state index contributed by atoms with van der Waals surface area (Å²) in [5.41, 5.74) is 0. The molecular weight excluding hydrogens is 354 g/mol. The van der Waals surface area contributed by atoms with Gasteiger partial charge in [-0.1, -0.05) is 12.8 Å². The fourth-order valence-electron chi connectivity index (χ4n) is 2.15. The summed E-state index contributed by atoms with van der Waals surface area (Å²) < 4.78 is 31.4. The van der Waals surface area contributed by atoms with Crippen LogP contribution in [0, 0.1) is 0 Å². The highest BCUT2D eigenvalue weighted by atomic mass is 79.9. The number of carbonyl (C=O) groups is 1. The molecule has 1 heterocycles. The zero-order valence-corrected chi connectivity index (χ0v) is 12.8. The highest BCUT2D eigenvalue weighted by molar-refractivity contribution is 9.10. The van der Waals surface area contributed by atoms with Gasteiger partial charge in [0.15, 0.2) is 4.67 Å². The number of rotatable bonds is 4. The van der Waals surface area contributed by atoms with Crippen LogP contribution in [0.1, 0.15) is 36.2 Å². The highest BCUT2D eigenvalue weighted by Gasteiger charge is 2.31. The van der Waals surface area contributed by atoms with Crippen LogP contribution in [0.2, 0.25) is 0 Å². The summed E-state index contributed by atoms with van der Waals surface area (Å²) in [6.45, 7) is 0. The van der Waals surface area contributed by atoms with E-state index in [1.807, 2.05) is 0 Å². The first-order valence-electron chi connectivity index (χ1n) is 6.04. The average molecular weight is 368 g/mol. The smallest absolute Gasteiger partial charge is 0.371 e. The Morgan fingerprint density at radius 1 is 1.40 bits per heavy atom. The molecule has 7 nitrogen and oxygen atoms in total. The fraction of sp³-hybridized carbons (Fsp3) is 0.545. The van der Waals surface area contributed by atoms with Crippen LogP contribution in [0.15, 0.2) is 20.0 Å². The van der Waals surface area contributed by atoms with E-state index < -0.39 is 33.9 Å². The van der Waals surface area contributed by atoms with E-state index in [9.17, 15) is 18.3 Å². The molecule has 3 N–H and O–H groups in total. The largest absolute Gasteiger partial charge is 0.475 e. The van der Waals surface area contributed by atoms with Gasteiger partial charge >= 0.3 is 5.97 Å². The molecule has 0 saturated heterocycles. The lowest BCUT2D eigenvalue weighted by molar-refractivity contribution is 0.0661. The van der Waals surface area contributed by atoms with Gasteiger partial charge in [0.2, 0.25) is 15.8 Å². The van der Waals surface area contributed by atoms with Crippen LogP contribution >= 0.6 is 15.9 Å². The van der Waals surface area contributed by atoms with Crippen LogP contribution in [-0.4, -0.2) is 36.7 Å². The van der Waals surface area contributed by atoms with Gasteiger partial charge in [-0.05, 0) is 28.8 Å². The third kappa shape index (κ3) is 3.22. The predicted octanol–water partition coefficient (Wildman–Crippen LogP) is 1.32. The lowest BCUT2D eigenvalue weighted by Gasteiger charge is -2.27.